The van der Waals surface area contributed by atoms with Gasteiger partial charge in [0.05, 0.1) is 4.90 Å². The first-order valence-electron chi connectivity index (χ1n) is 8.19. The van der Waals surface area contributed by atoms with Crippen LogP contribution in [0.2, 0.25) is 0 Å². The van der Waals surface area contributed by atoms with Crippen LogP contribution in [0.4, 0.5) is 0 Å². The normalized spacial score (nSPS) is 15.4. The van der Waals surface area contributed by atoms with E-state index in [0.717, 1.165) is 28.0 Å². The largest absolute Gasteiger partial charge is 0.351 e. The van der Waals surface area contributed by atoms with Crippen LogP contribution >= 0.6 is 0 Å². The molecule has 0 bridgehead atoms. The van der Waals surface area contributed by atoms with Crippen LogP contribution in [0.3, 0.4) is 0 Å². The van der Waals surface area contributed by atoms with Gasteiger partial charge in [-0.2, -0.15) is 0 Å². The zero-order valence-electron chi connectivity index (χ0n) is 15.6. The summed E-state index contributed by atoms with van der Waals surface area (Å²) in [5, 5.41) is 0. The predicted octanol–water partition coefficient (Wildman–Crippen LogP) is 2.58. The minimum Gasteiger partial charge on any atom is -0.351 e. The summed E-state index contributed by atoms with van der Waals surface area (Å²) in [6.45, 7) is 8.92. The van der Waals surface area contributed by atoms with Crippen molar-refractivity contribution in [3.8, 4) is 0 Å². The number of likely N-dealkylation sites (N-methyl/N-ethyl adjacent to an activating group) is 2. The molecule has 0 unspecified atom stereocenters. The third-order valence-corrected chi connectivity index (χ3v) is 5.86. The molecule has 0 saturated carbocycles. The van der Waals surface area contributed by atoms with E-state index in [4.69, 9.17) is 0 Å². The number of aryl methyl sites for hydroxylation is 1. The second-order valence-corrected chi connectivity index (χ2v) is 8.39. The molecule has 0 saturated heterocycles. The molecule has 0 aromatic heterocycles. The number of hydrogen-bond acceptors (Lipinski definition) is 4. The minimum atomic E-state index is -3.50. The average molecular weight is 362 g/mol. The van der Waals surface area contributed by atoms with E-state index in [1.54, 1.807) is 6.07 Å². The summed E-state index contributed by atoms with van der Waals surface area (Å²) in [4.78, 5) is 4.24. The molecule has 0 fully saturated rings. The van der Waals surface area contributed by atoms with Gasteiger partial charge < -0.3 is 9.80 Å². The van der Waals surface area contributed by atoms with Crippen LogP contribution in [0.15, 0.2) is 53.2 Å². The average Bonchev–Trinajstić information content (AvgIpc) is 2.51. The molecule has 1 heterocycles. The van der Waals surface area contributed by atoms with Crippen molar-refractivity contribution >= 4 is 15.6 Å². The van der Waals surface area contributed by atoms with Crippen molar-refractivity contribution in [2.24, 2.45) is 0 Å². The fraction of sp³-hybridized carbons (Fsp3) is 0.368. The Labute approximate surface area is 151 Å². The molecule has 5 nitrogen and oxygen atoms in total. The quantitative estimate of drug-likeness (QED) is 0.846. The molecule has 0 aliphatic carbocycles. The summed E-state index contributed by atoms with van der Waals surface area (Å²) < 4.78 is 27.6. The molecule has 1 aromatic rings. The molecule has 0 radical (unpaired) electrons. The lowest BCUT2D eigenvalue weighted by atomic mass is 9.99. The van der Waals surface area contributed by atoms with E-state index >= 15 is 0 Å². The van der Waals surface area contributed by atoms with Gasteiger partial charge in [-0.25, -0.2) is 13.1 Å². The molecule has 1 aliphatic rings. The summed E-state index contributed by atoms with van der Waals surface area (Å²) in [5.74, 6) is 0. The first-order valence-corrected chi connectivity index (χ1v) is 9.68. The molecule has 1 N–H and O–H groups in total. The van der Waals surface area contributed by atoms with Crippen molar-refractivity contribution in [3.63, 3.8) is 0 Å². The molecule has 25 heavy (non-hydrogen) atoms. The third kappa shape index (κ3) is 4.60. The molecule has 1 aliphatic heterocycles. The van der Waals surface area contributed by atoms with E-state index in [9.17, 15) is 8.42 Å². The van der Waals surface area contributed by atoms with Gasteiger partial charge in [-0.05, 0) is 62.4 Å². The Kier molecular flexibility index (Phi) is 5.87. The molecule has 2 rings (SSSR count). The fourth-order valence-corrected chi connectivity index (χ4v) is 3.93. The van der Waals surface area contributed by atoms with Crippen LogP contribution < -0.4 is 4.72 Å². The molecule has 0 atom stereocenters. The number of allylic oxidation sites excluding steroid dienone is 3. The van der Waals surface area contributed by atoms with Crippen LogP contribution in [0.5, 0.6) is 0 Å². The lowest BCUT2D eigenvalue weighted by Gasteiger charge is -2.24. The zero-order chi connectivity index (χ0) is 18.8. The molecule has 0 amide bonds. The Morgan fingerprint density at radius 1 is 1.24 bits per heavy atom. The number of nitrogens with one attached hydrogen (secondary N) is 1. The van der Waals surface area contributed by atoms with Crippen LogP contribution in [0.1, 0.15) is 18.1 Å². The number of hydrogen-bond donors (Lipinski definition) is 1. The first-order chi connectivity index (χ1) is 11.6. The highest BCUT2D eigenvalue weighted by Crippen LogP contribution is 2.29. The highest BCUT2D eigenvalue weighted by Gasteiger charge is 2.18. The first kappa shape index (κ1) is 19.4. The second-order valence-electron chi connectivity index (χ2n) is 6.65. The Morgan fingerprint density at radius 2 is 1.92 bits per heavy atom. The smallest absolute Gasteiger partial charge is 0.240 e. The molecule has 6 heteroatoms. The summed E-state index contributed by atoms with van der Waals surface area (Å²) >= 11 is 0. The SMILES string of the molecule is C=C1C(C)=CC(c2ccc(S(=O)(=O)NCCN(C)C)c(C)c2)=CN1C. The van der Waals surface area contributed by atoms with Gasteiger partial charge in [0.25, 0.3) is 0 Å². The van der Waals surface area contributed by atoms with E-state index < -0.39 is 10.0 Å². The van der Waals surface area contributed by atoms with Gasteiger partial charge in [0.1, 0.15) is 0 Å². The molecular formula is C19H27N3O2S. The maximum Gasteiger partial charge on any atom is 0.240 e. The maximum atomic E-state index is 12.5. The van der Waals surface area contributed by atoms with Gasteiger partial charge in [0.2, 0.25) is 10.0 Å². The Hall–Kier alpha value is -1.89. The van der Waals surface area contributed by atoms with Gasteiger partial charge in [0, 0.05) is 32.0 Å². The van der Waals surface area contributed by atoms with E-state index in [1.165, 1.54) is 0 Å². The minimum absolute atomic E-state index is 0.324. The van der Waals surface area contributed by atoms with Gasteiger partial charge in [-0.3, -0.25) is 0 Å². The standard InChI is InChI=1S/C19H27N3O2S/c1-14-11-18(13-22(6)16(14)3)17-7-8-19(15(2)12-17)25(23,24)20-9-10-21(4)5/h7-8,11-13,20H,3,9-10H2,1-2,4-6H3. The van der Waals surface area contributed by atoms with Crippen molar-refractivity contribution in [2.75, 3.05) is 34.2 Å². The van der Waals surface area contributed by atoms with Crippen molar-refractivity contribution in [2.45, 2.75) is 18.7 Å². The summed E-state index contributed by atoms with van der Waals surface area (Å²) in [6.07, 6.45) is 4.08. The van der Waals surface area contributed by atoms with Crippen molar-refractivity contribution in [3.05, 3.63) is 59.5 Å². The Balaban J connectivity index is 2.27. The van der Waals surface area contributed by atoms with Crippen LogP contribution in [-0.4, -0.2) is 52.5 Å². The van der Waals surface area contributed by atoms with Gasteiger partial charge in [-0.1, -0.05) is 18.7 Å². The van der Waals surface area contributed by atoms with Gasteiger partial charge in [-0.15, -0.1) is 0 Å². The number of rotatable bonds is 6. The molecule has 136 valence electrons. The topological polar surface area (TPSA) is 52.7 Å². The van der Waals surface area contributed by atoms with E-state index in [2.05, 4.69) is 17.4 Å². The molecule has 1 aromatic carbocycles. The third-order valence-electron chi connectivity index (χ3n) is 4.23. The Morgan fingerprint density at radius 3 is 2.48 bits per heavy atom. The fourth-order valence-electron chi connectivity index (χ4n) is 2.69. The zero-order valence-corrected chi connectivity index (χ0v) is 16.4. The maximum absolute atomic E-state index is 12.5. The van der Waals surface area contributed by atoms with E-state index in [-0.39, 0.29) is 0 Å². The van der Waals surface area contributed by atoms with Crippen molar-refractivity contribution < 1.29 is 8.42 Å². The second kappa shape index (κ2) is 7.56. The Bertz CT molecular complexity index is 836. The van der Waals surface area contributed by atoms with E-state index in [0.29, 0.717) is 18.0 Å². The highest BCUT2D eigenvalue weighted by atomic mass is 32.2. The number of nitrogens with zero attached hydrogens (tertiary/aromatic N) is 2. The van der Waals surface area contributed by atoms with Crippen molar-refractivity contribution in [1.82, 2.24) is 14.5 Å². The van der Waals surface area contributed by atoms with Gasteiger partial charge >= 0.3 is 0 Å². The van der Waals surface area contributed by atoms with Crippen molar-refractivity contribution in [1.29, 1.82) is 0 Å². The van der Waals surface area contributed by atoms with Crippen LogP contribution in [0, 0.1) is 6.92 Å². The highest BCUT2D eigenvalue weighted by molar-refractivity contribution is 7.89. The molecular weight excluding hydrogens is 334 g/mol. The van der Waals surface area contributed by atoms with E-state index in [1.807, 2.05) is 63.1 Å². The number of benzene rings is 1. The summed E-state index contributed by atoms with van der Waals surface area (Å²) in [5.41, 5.74) is 4.82. The summed E-state index contributed by atoms with van der Waals surface area (Å²) in [7, 11) is 2.28. The monoisotopic (exact) mass is 361 g/mol. The van der Waals surface area contributed by atoms with Crippen LogP contribution in [-0.2, 0) is 10.0 Å². The summed E-state index contributed by atoms with van der Waals surface area (Å²) in [6, 6.07) is 5.44. The van der Waals surface area contributed by atoms with Gasteiger partial charge in [0.15, 0.2) is 0 Å². The predicted molar refractivity (Wildman–Crippen MR) is 104 cm³/mol. The lowest BCUT2D eigenvalue weighted by Crippen LogP contribution is -2.31. The lowest BCUT2D eigenvalue weighted by molar-refractivity contribution is 0.412. The number of sulfonamides is 1. The molecule has 0 spiro atoms. The van der Waals surface area contributed by atoms with Crippen LogP contribution in [0.25, 0.3) is 5.57 Å².